The molecule has 0 saturated carbocycles. The molecule has 0 aromatic heterocycles. The Bertz CT molecular complexity index is 308. The molecule has 0 fully saturated rings. The first kappa shape index (κ1) is 29.9. The molecule has 0 saturated heterocycles. The zero-order valence-electron chi connectivity index (χ0n) is 16.9. The highest BCUT2D eigenvalue weighted by molar-refractivity contribution is 4.62. The van der Waals surface area contributed by atoms with Gasteiger partial charge in [-0.1, -0.05) is 0 Å². The van der Waals surface area contributed by atoms with Gasteiger partial charge in [-0.2, -0.15) is 9.78 Å². The molecule has 8 heteroatoms. The van der Waals surface area contributed by atoms with Crippen molar-refractivity contribution in [1.29, 1.82) is 0 Å². The molecule has 0 aliphatic rings. The summed E-state index contributed by atoms with van der Waals surface area (Å²) in [5, 5.41) is 0. The SMILES string of the molecule is C/C=C/OOCCOCC(COCC)OCCOO/C=C\OC.C=C.C=C. The Morgan fingerprint density at radius 1 is 0.778 bits per heavy atom. The molecule has 0 rings (SSSR count). The van der Waals surface area contributed by atoms with Gasteiger partial charge in [-0.25, -0.2) is 0 Å². The molecule has 0 aliphatic heterocycles. The molecule has 0 radical (unpaired) electrons. The highest BCUT2D eigenvalue weighted by atomic mass is 17.2. The second-order valence-corrected chi connectivity index (χ2v) is 4.04. The first-order valence-corrected chi connectivity index (χ1v) is 8.47. The zero-order chi connectivity index (χ0) is 21.0. The summed E-state index contributed by atoms with van der Waals surface area (Å²) in [5.41, 5.74) is 0. The van der Waals surface area contributed by atoms with Crippen molar-refractivity contribution in [2.75, 3.05) is 53.4 Å². The summed E-state index contributed by atoms with van der Waals surface area (Å²) in [5.74, 6) is 0. The summed E-state index contributed by atoms with van der Waals surface area (Å²) in [7, 11) is 1.51. The van der Waals surface area contributed by atoms with Crippen LogP contribution in [0.4, 0.5) is 0 Å². The lowest BCUT2D eigenvalue weighted by Crippen LogP contribution is -2.28. The summed E-state index contributed by atoms with van der Waals surface area (Å²) >= 11 is 0. The Morgan fingerprint density at radius 3 is 1.96 bits per heavy atom. The van der Waals surface area contributed by atoms with Gasteiger partial charge < -0.3 is 28.7 Å². The van der Waals surface area contributed by atoms with E-state index in [2.05, 4.69) is 31.1 Å². The second-order valence-electron chi connectivity index (χ2n) is 4.04. The lowest BCUT2D eigenvalue weighted by Gasteiger charge is -2.17. The number of rotatable bonds is 17. The lowest BCUT2D eigenvalue weighted by atomic mass is 10.4. The van der Waals surface area contributed by atoms with Gasteiger partial charge in [-0.15, -0.1) is 26.3 Å². The van der Waals surface area contributed by atoms with Crippen molar-refractivity contribution in [1.82, 2.24) is 0 Å². The molecule has 8 nitrogen and oxygen atoms in total. The minimum atomic E-state index is -0.190. The van der Waals surface area contributed by atoms with Gasteiger partial charge >= 0.3 is 0 Å². The van der Waals surface area contributed by atoms with Gasteiger partial charge in [0, 0.05) is 6.61 Å². The van der Waals surface area contributed by atoms with E-state index in [1.54, 1.807) is 6.08 Å². The summed E-state index contributed by atoms with van der Waals surface area (Å²) in [4.78, 5) is 19.1. The van der Waals surface area contributed by atoms with Crippen LogP contribution < -0.4 is 0 Å². The van der Waals surface area contributed by atoms with E-state index in [0.717, 1.165) is 0 Å². The Labute approximate surface area is 163 Å². The van der Waals surface area contributed by atoms with Crippen LogP contribution in [0.1, 0.15) is 13.8 Å². The Morgan fingerprint density at radius 2 is 1.37 bits per heavy atom. The lowest BCUT2D eigenvalue weighted by molar-refractivity contribution is -0.261. The van der Waals surface area contributed by atoms with Gasteiger partial charge in [0.2, 0.25) is 0 Å². The molecule has 0 aliphatic carbocycles. The Hall–Kier alpha value is -1.84. The van der Waals surface area contributed by atoms with E-state index >= 15 is 0 Å². The number of hydrogen-bond donors (Lipinski definition) is 0. The van der Waals surface area contributed by atoms with Gasteiger partial charge in [0.15, 0.2) is 6.26 Å². The first-order chi connectivity index (χ1) is 13.3. The fourth-order valence-electron chi connectivity index (χ4n) is 1.26. The average Bonchev–Trinajstić information content (AvgIpc) is 2.73. The van der Waals surface area contributed by atoms with E-state index < -0.39 is 0 Å². The van der Waals surface area contributed by atoms with Crippen molar-refractivity contribution in [2.24, 2.45) is 0 Å². The molecule has 0 N–H and O–H groups in total. The maximum atomic E-state index is 5.60. The second kappa shape index (κ2) is 31.9. The van der Waals surface area contributed by atoms with Crippen molar-refractivity contribution >= 4 is 0 Å². The molecule has 27 heavy (non-hydrogen) atoms. The van der Waals surface area contributed by atoms with Crippen LogP contribution in [0, 0.1) is 0 Å². The van der Waals surface area contributed by atoms with Crippen LogP contribution in [0.25, 0.3) is 0 Å². The molecule has 0 bridgehead atoms. The smallest absolute Gasteiger partial charge is 0.163 e. The standard InChI is InChI=1S/C15H28O8.2C2H4/c1-4-6-20-22-11-8-18-14-15(13-17-5-2)19-9-12-23-21-10-7-16-3;2*1-2/h4,6-7,10,15H,5,8-9,11-14H2,1-3H3;2*1-2H2/b6-4+,10-7-;;. The summed E-state index contributed by atoms with van der Waals surface area (Å²) < 4.78 is 21.0. The number of hydrogen-bond acceptors (Lipinski definition) is 8. The van der Waals surface area contributed by atoms with Gasteiger partial charge in [0.05, 0.1) is 33.5 Å². The maximum Gasteiger partial charge on any atom is 0.163 e. The average molecular weight is 392 g/mol. The summed E-state index contributed by atoms with van der Waals surface area (Å²) in [6.07, 6.45) is 5.63. The fourth-order valence-corrected chi connectivity index (χ4v) is 1.26. The van der Waals surface area contributed by atoms with E-state index in [1.807, 2.05) is 13.8 Å². The van der Waals surface area contributed by atoms with Crippen LogP contribution in [-0.2, 0) is 38.5 Å². The van der Waals surface area contributed by atoms with Crippen LogP contribution in [-0.4, -0.2) is 59.5 Å². The molecule has 0 aromatic rings. The van der Waals surface area contributed by atoms with Gasteiger partial charge in [0.25, 0.3) is 0 Å². The predicted octanol–water partition coefficient (Wildman–Crippen LogP) is 3.58. The van der Waals surface area contributed by atoms with Crippen LogP contribution in [0.15, 0.2) is 51.2 Å². The monoisotopic (exact) mass is 392 g/mol. The van der Waals surface area contributed by atoms with Crippen molar-refractivity contribution < 1.29 is 38.5 Å². The highest BCUT2D eigenvalue weighted by Gasteiger charge is 2.10. The Kier molecular flexibility index (Phi) is 35.3. The quantitative estimate of drug-likeness (QED) is 0.122. The van der Waals surface area contributed by atoms with E-state index in [-0.39, 0.29) is 12.7 Å². The van der Waals surface area contributed by atoms with Crippen molar-refractivity contribution in [3.05, 3.63) is 51.2 Å². The summed E-state index contributed by atoms with van der Waals surface area (Å²) in [6, 6.07) is 0. The van der Waals surface area contributed by atoms with Gasteiger partial charge in [0.1, 0.15) is 31.8 Å². The van der Waals surface area contributed by atoms with Crippen LogP contribution >= 0.6 is 0 Å². The van der Waals surface area contributed by atoms with Crippen LogP contribution in [0.2, 0.25) is 0 Å². The Balaban J connectivity index is -0.00000134. The summed E-state index contributed by atoms with van der Waals surface area (Å²) in [6.45, 7) is 18.5. The van der Waals surface area contributed by atoms with Crippen LogP contribution in [0.3, 0.4) is 0 Å². The first-order valence-electron chi connectivity index (χ1n) is 8.47. The molecule has 0 spiro atoms. The largest absolute Gasteiger partial charge is 0.501 e. The fraction of sp³-hybridized carbons (Fsp3) is 0.579. The normalized spacial score (nSPS) is 11.2. The molecule has 0 heterocycles. The molecule has 1 atom stereocenters. The van der Waals surface area contributed by atoms with Crippen molar-refractivity contribution in [3.8, 4) is 0 Å². The van der Waals surface area contributed by atoms with Crippen molar-refractivity contribution in [2.45, 2.75) is 20.0 Å². The number of methoxy groups -OCH3 is 1. The molecule has 0 aromatic carbocycles. The van der Waals surface area contributed by atoms with E-state index in [4.69, 9.17) is 33.8 Å². The van der Waals surface area contributed by atoms with E-state index in [9.17, 15) is 0 Å². The molecular weight excluding hydrogens is 356 g/mol. The van der Waals surface area contributed by atoms with Gasteiger partial charge in [-0.05, 0) is 19.9 Å². The number of allylic oxidation sites excluding steroid dienone is 1. The van der Waals surface area contributed by atoms with Crippen LogP contribution in [0.5, 0.6) is 0 Å². The third-order valence-electron chi connectivity index (χ3n) is 2.22. The van der Waals surface area contributed by atoms with Gasteiger partial charge in [-0.3, -0.25) is 0 Å². The molecule has 160 valence electrons. The zero-order valence-corrected chi connectivity index (χ0v) is 16.9. The molecule has 0 amide bonds. The van der Waals surface area contributed by atoms with E-state index in [0.29, 0.717) is 39.6 Å². The minimum absolute atomic E-state index is 0.190. The minimum Gasteiger partial charge on any atom is -0.501 e. The topological polar surface area (TPSA) is 73.8 Å². The van der Waals surface area contributed by atoms with Crippen molar-refractivity contribution in [3.63, 3.8) is 0 Å². The third-order valence-corrected chi connectivity index (χ3v) is 2.22. The van der Waals surface area contributed by atoms with E-state index in [1.165, 1.54) is 25.9 Å². The molecular formula is C19H36O8. The maximum absolute atomic E-state index is 5.60. The predicted molar refractivity (Wildman–Crippen MR) is 105 cm³/mol. The number of ether oxygens (including phenoxy) is 4. The highest BCUT2D eigenvalue weighted by Crippen LogP contribution is 1.97. The third kappa shape index (κ3) is 29.2. The molecule has 1 unspecified atom stereocenters.